The van der Waals surface area contributed by atoms with Gasteiger partial charge in [0.25, 0.3) is 0 Å². The van der Waals surface area contributed by atoms with Crippen LogP contribution in [0.2, 0.25) is 0 Å². The van der Waals surface area contributed by atoms with Crippen LogP contribution in [-0.4, -0.2) is 32.8 Å². The van der Waals surface area contributed by atoms with Crippen molar-refractivity contribution in [2.75, 3.05) is 13.1 Å². The lowest BCUT2D eigenvalue weighted by atomic mass is 10.3. The fraction of sp³-hybridized carbons (Fsp3) is 0.600. The molecule has 5 heteroatoms. The summed E-state index contributed by atoms with van der Waals surface area (Å²) in [5.74, 6) is 0.784. The molecule has 1 atom stereocenters. The Kier molecular flexibility index (Phi) is 3.11. The first-order chi connectivity index (χ1) is 9.78. The molecule has 20 heavy (non-hydrogen) atoms. The molecule has 1 saturated heterocycles. The summed E-state index contributed by atoms with van der Waals surface area (Å²) in [5, 5.41) is 8.06. The van der Waals surface area contributed by atoms with Gasteiger partial charge in [-0.3, -0.25) is 9.58 Å². The zero-order valence-corrected chi connectivity index (χ0v) is 12.6. The van der Waals surface area contributed by atoms with Gasteiger partial charge < -0.3 is 0 Å². The number of aryl methyl sites for hydroxylation is 1. The minimum atomic E-state index is 0.533. The van der Waals surface area contributed by atoms with Crippen molar-refractivity contribution < 1.29 is 0 Å². The van der Waals surface area contributed by atoms with E-state index in [9.17, 15) is 0 Å². The summed E-state index contributed by atoms with van der Waals surface area (Å²) in [5.41, 5.74) is 2.51. The van der Waals surface area contributed by atoms with Gasteiger partial charge in [0, 0.05) is 37.1 Å². The predicted octanol–water partition coefficient (Wildman–Crippen LogP) is 2.97. The molecule has 106 valence electrons. The first-order valence-electron chi connectivity index (χ1n) is 7.45. The van der Waals surface area contributed by atoms with E-state index in [4.69, 9.17) is 4.98 Å². The molecule has 4 nitrogen and oxygen atoms in total. The highest BCUT2D eigenvalue weighted by molar-refractivity contribution is 7.09. The molecule has 0 spiro atoms. The number of hydrogen-bond donors (Lipinski definition) is 0. The van der Waals surface area contributed by atoms with Crippen LogP contribution in [-0.2, 0) is 6.54 Å². The van der Waals surface area contributed by atoms with Crippen molar-refractivity contribution in [2.45, 2.75) is 44.7 Å². The summed E-state index contributed by atoms with van der Waals surface area (Å²) in [7, 11) is 0. The summed E-state index contributed by atoms with van der Waals surface area (Å²) in [4.78, 5) is 7.30. The minimum absolute atomic E-state index is 0.533. The molecule has 1 aliphatic carbocycles. The van der Waals surface area contributed by atoms with Crippen molar-refractivity contribution in [1.29, 1.82) is 0 Å². The normalized spacial score (nSPS) is 23.6. The lowest BCUT2D eigenvalue weighted by Crippen LogP contribution is -2.21. The van der Waals surface area contributed by atoms with Gasteiger partial charge in [-0.05, 0) is 31.7 Å². The third kappa shape index (κ3) is 2.52. The van der Waals surface area contributed by atoms with Crippen LogP contribution >= 0.6 is 11.3 Å². The monoisotopic (exact) mass is 288 g/mol. The summed E-state index contributed by atoms with van der Waals surface area (Å²) >= 11 is 1.85. The van der Waals surface area contributed by atoms with E-state index in [0.29, 0.717) is 6.04 Å². The van der Waals surface area contributed by atoms with Crippen LogP contribution in [0.1, 0.15) is 47.5 Å². The van der Waals surface area contributed by atoms with Gasteiger partial charge in [-0.2, -0.15) is 5.10 Å². The highest BCUT2D eigenvalue weighted by Gasteiger charge is 2.28. The average molecular weight is 288 g/mol. The number of likely N-dealkylation sites (tertiary alicyclic amines) is 1. The number of aromatic nitrogens is 3. The molecule has 1 aliphatic heterocycles. The smallest absolute Gasteiger partial charge is 0.0959 e. The van der Waals surface area contributed by atoms with Crippen LogP contribution in [0.3, 0.4) is 0 Å². The topological polar surface area (TPSA) is 34.0 Å². The third-order valence-corrected chi connectivity index (χ3v) is 5.29. The second kappa shape index (κ2) is 4.97. The van der Waals surface area contributed by atoms with Gasteiger partial charge in [0.15, 0.2) is 0 Å². The van der Waals surface area contributed by atoms with Gasteiger partial charge in [0.1, 0.15) is 0 Å². The molecule has 0 amide bonds. The molecule has 2 aromatic rings. The van der Waals surface area contributed by atoms with Crippen LogP contribution < -0.4 is 0 Å². The molecule has 2 aromatic heterocycles. The van der Waals surface area contributed by atoms with E-state index in [2.05, 4.69) is 33.2 Å². The highest BCUT2D eigenvalue weighted by Crippen LogP contribution is 2.41. The van der Waals surface area contributed by atoms with Crippen molar-refractivity contribution >= 4 is 11.3 Å². The maximum absolute atomic E-state index is 4.79. The molecule has 1 saturated carbocycles. The summed E-state index contributed by atoms with van der Waals surface area (Å²) in [6.07, 6.45) is 7.99. The molecular formula is C15H20N4S. The first kappa shape index (κ1) is 12.5. The summed E-state index contributed by atoms with van der Waals surface area (Å²) in [6.45, 7) is 5.35. The Morgan fingerprint density at radius 3 is 3.00 bits per heavy atom. The fourth-order valence-corrected chi connectivity index (χ4v) is 3.93. The van der Waals surface area contributed by atoms with Gasteiger partial charge in [-0.25, -0.2) is 4.98 Å². The molecule has 0 radical (unpaired) electrons. The van der Waals surface area contributed by atoms with E-state index in [-0.39, 0.29) is 0 Å². The Bertz CT molecular complexity index is 599. The van der Waals surface area contributed by atoms with Crippen LogP contribution in [0.25, 0.3) is 0 Å². The number of thiazole rings is 1. The molecule has 0 N–H and O–H groups in total. The second-order valence-corrected chi connectivity index (χ2v) is 7.02. The molecule has 4 rings (SSSR count). The first-order valence-corrected chi connectivity index (χ1v) is 8.33. The van der Waals surface area contributed by atoms with E-state index in [1.807, 2.05) is 17.5 Å². The summed E-state index contributed by atoms with van der Waals surface area (Å²) < 4.78 is 2.13. The maximum atomic E-state index is 4.79. The lowest BCUT2D eigenvalue weighted by molar-refractivity contribution is 0.308. The van der Waals surface area contributed by atoms with E-state index in [1.165, 1.54) is 35.5 Å². The van der Waals surface area contributed by atoms with Crippen molar-refractivity contribution in [3.63, 3.8) is 0 Å². The SMILES string of the molecule is Cc1cnn(C2CCN(Cc3csc(C4CC4)n3)C2)c1. The quantitative estimate of drug-likeness (QED) is 0.867. The third-order valence-electron chi connectivity index (χ3n) is 4.23. The fourth-order valence-electron chi connectivity index (χ4n) is 2.95. The largest absolute Gasteiger partial charge is 0.295 e. The number of rotatable bonds is 4. The van der Waals surface area contributed by atoms with E-state index in [0.717, 1.165) is 25.6 Å². The van der Waals surface area contributed by atoms with Crippen molar-refractivity contribution in [1.82, 2.24) is 19.7 Å². The standard InChI is InChI=1S/C15H20N4S/c1-11-6-16-19(7-11)14-4-5-18(9-14)8-13-10-20-15(17-13)12-2-3-12/h6-7,10,12,14H,2-5,8-9H2,1H3. The van der Waals surface area contributed by atoms with Gasteiger partial charge in [-0.1, -0.05) is 0 Å². The zero-order chi connectivity index (χ0) is 13.5. The van der Waals surface area contributed by atoms with Crippen LogP contribution in [0, 0.1) is 6.92 Å². The van der Waals surface area contributed by atoms with Crippen LogP contribution in [0.15, 0.2) is 17.8 Å². The second-order valence-electron chi connectivity index (χ2n) is 6.13. The molecule has 3 heterocycles. The van der Waals surface area contributed by atoms with Crippen molar-refractivity contribution in [3.05, 3.63) is 34.0 Å². The van der Waals surface area contributed by atoms with Gasteiger partial charge in [0.05, 0.1) is 22.9 Å². The Labute approximate surface area is 123 Å². The molecule has 2 fully saturated rings. The summed E-state index contributed by atoms with van der Waals surface area (Å²) in [6, 6.07) is 0.533. The maximum Gasteiger partial charge on any atom is 0.0959 e. The minimum Gasteiger partial charge on any atom is -0.295 e. The molecule has 1 unspecified atom stereocenters. The van der Waals surface area contributed by atoms with Gasteiger partial charge in [0.2, 0.25) is 0 Å². The predicted molar refractivity (Wildman–Crippen MR) is 80.0 cm³/mol. The Balaban J connectivity index is 1.38. The molecule has 0 bridgehead atoms. The molecule has 0 aromatic carbocycles. The van der Waals surface area contributed by atoms with Gasteiger partial charge in [-0.15, -0.1) is 11.3 Å². The number of hydrogen-bond acceptors (Lipinski definition) is 4. The number of nitrogens with zero attached hydrogens (tertiary/aromatic N) is 4. The molecular weight excluding hydrogens is 268 g/mol. The Hall–Kier alpha value is -1.20. The Morgan fingerprint density at radius 1 is 1.35 bits per heavy atom. The average Bonchev–Trinajstić information content (AvgIpc) is 2.86. The van der Waals surface area contributed by atoms with Gasteiger partial charge >= 0.3 is 0 Å². The molecule has 2 aliphatic rings. The van der Waals surface area contributed by atoms with E-state index < -0.39 is 0 Å². The van der Waals surface area contributed by atoms with Crippen molar-refractivity contribution in [2.24, 2.45) is 0 Å². The Morgan fingerprint density at radius 2 is 2.25 bits per heavy atom. The highest BCUT2D eigenvalue weighted by atomic mass is 32.1. The lowest BCUT2D eigenvalue weighted by Gasteiger charge is -2.14. The zero-order valence-electron chi connectivity index (χ0n) is 11.8. The van der Waals surface area contributed by atoms with E-state index >= 15 is 0 Å². The van der Waals surface area contributed by atoms with Crippen molar-refractivity contribution in [3.8, 4) is 0 Å². The van der Waals surface area contributed by atoms with E-state index in [1.54, 1.807) is 0 Å². The van der Waals surface area contributed by atoms with Crippen LogP contribution in [0.4, 0.5) is 0 Å². The van der Waals surface area contributed by atoms with Crippen LogP contribution in [0.5, 0.6) is 0 Å².